The van der Waals surface area contributed by atoms with Crippen LogP contribution in [0.5, 0.6) is 0 Å². The highest BCUT2D eigenvalue weighted by molar-refractivity contribution is 6.31. The smallest absolute Gasteiger partial charge is 0.225 e. The average Bonchev–Trinajstić information content (AvgIpc) is 3.23. The van der Waals surface area contributed by atoms with Gasteiger partial charge in [-0.15, -0.1) is 0 Å². The molecule has 8 heteroatoms. The van der Waals surface area contributed by atoms with Gasteiger partial charge >= 0.3 is 0 Å². The molecule has 1 N–H and O–H groups in total. The lowest BCUT2D eigenvalue weighted by molar-refractivity contribution is 0.854. The molecule has 3 aromatic heterocycles. The molecule has 0 saturated heterocycles. The fourth-order valence-electron chi connectivity index (χ4n) is 3.43. The summed E-state index contributed by atoms with van der Waals surface area (Å²) in [6.07, 6.45) is 6.68. The number of hydrogen-bond donors (Lipinski definition) is 1. The largest absolute Gasteiger partial charge is 0.348 e. The molecule has 31 heavy (non-hydrogen) atoms. The van der Waals surface area contributed by atoms with Crippen LogP contribution >= 0.6 is 11.6 Å². The molecule has 152 valence electrons. The summed E-state index contributed by atoms with van der Waals surface area (Å²) in [7, 11) is 0. The number of fused-ring (bicyclic) bond motifs is 1. The number of aromatic nitrogens is 6. The third-order valence-corrected chi connectivity index (χ3v) is 5.28. The Morgan fingerprint density at radius 3 is 2.58 bits per heavy atom. The molecule has 0 amide bonds. The van der Waals surface area contributed by atoms with Crippen molar-refractivity contribution in [2.24, 2.45) is 0 Å². The zero-order valence-electron chi connectivity index (χ0n) is 16.6. The molecule has 0 fully saturated rings. The highest BCUT2D eigenvalue weighted by Gasteiger charge is 2.12. The van der Waals surface area contributed by atoms with E-state index >= 15 is 0 Å². The van der Waals surface area contributed by atoms with Crippen LogP contribution in [-0.4, -0.2) is 29.5 Å². The fraction of sp³-hybridized carbons (Fsp3) is 0.0870. The van der Waals surface area contributed by atoms with Gasteiger partial charge in [-0.1, -0.05) is 48.0 Å². The Balaban J connectivity index is 1.46. The second kappa shape index (κ2) is 8.12. The summed E-state index contributed by atoms with van der Waals surface area (Å²) in [5.41, 5.74) is 4.39. The molecule has 7 nitrogen and oxygen atoms in total. The van der Waals surface area contributed by atoms with Gasteiger partial charge in [-0.3, -0.25) is 9.55 Å². The van der Waals surface area contributed by atoms with Gasteiger partial charge in [-0.05, 0) is 30.7 Å². The van der Waals surface area contributed by atoms with E-state index < -0.39 is 0 Å². The predicted octanol–water partition coefficient (Wildman–Crippen LogP) is 5.10. The maximum Gasteiger partial charge on any atom is 0.225 e. The molecule has 0 aliphatic carbocycles. The van der Waals surface area contributed by atoms with E-state index in [0.29, 0.717) is 16.8 Å². The van der Waals surface area contributed by atoms with Crippen LogP contribution in [0.2, 0.25) is 5.15 Å². The maximum absolute atomic E-state index is 6.19. The first-order valence-electron chi connectivity index (χ1n) is 9.78. The molecule has 5 aromatic rings. The highest BCUT2D eigenvalue weighted by atomic mass is 35.5. The molecule has 1 unspecified atom stereocenters. The van der Waals surface area contributed by atoms with Crippen LogP contribution in [0.15, 0.2) is 79.5 Å². The van der Waals surface area contributed by atoms with Gasteiger partial charge in [0.05, 0.1) is 17.1 Å². The van der Waals surface area contributed by atoms with Crippen molar-refractivity contribution in [2.45, 2.75) is 13.0 Å². The van der Waals surface area contributed by atoms with Gasteiger partial charge in [-0.25, -0.2) is 15.0 Å². The summed E-state index contributed by atoms with van der Waals surface area (Å²) >= 11 is 6.19. The number of benzene rings is 2. The van der Waals surface area contributed by atoms with E-state index in [4.69, 9.17) is 11.6 Å². The molecule has 0 saturated carbocycles. The summed E-state index contributed by atoms with van der Waals surface area (Å²) in [6.45, 7) is 2.08. The second-order valence-corrected chi connectivity index (χ2v) is 7.39. The van der Waals surface area contributed by atoms with Crippen molar-refractivity contribution in [3.63, 3.8) is 0 Å². The summed E-state index contributed by atoms with van der Waals surface area (Å²) < 4.78 is 1.93. The minimum absolute atomic E-state index is 0.0790. The number of anilines is 1. The fourth-order valence-corrected chi connectivity index (χ4v) is 3.64. The third kappa shape index (κ3) is 3.83. The number of rotatable bonds is 5. The summed E-state index contributed by atoms with van der Waals surface area (Å²) in [5.74, 6) is 1.28. The Hall–Kier alpha value is -3.84. The van der Waals surface area contributed by atoms with Crippen molar-refractivity contribution >= 4 is 28.6 Å². The minimum Gasteiger partial charge on any atom is -0.348 e. The van der Waals surface area contributed by atoms with Crippen LogP contribution in [0, 0.1) is 0 Å². The number of hydrogen-bond acceptors (Lipinski definition) is 6. The van der Waals surface area contributed by atoms with Gasteiger partial charge in [0.1, 0.15) is 17.8 Å². The quantitative estimate of drug-likeness (QED) is 0.420. The zero-order valence-corrected chi connectivity index (χ0v) is 17.4. The number of nitrogens with zero attached hydrogens (tertiary/aromatic N) is 6. The summed E-state index contributed by atoms with van der Waals surface area (Å²) in [4.78, 5) is 22.0. The average molecular weight is 428 g/mol. The second-order valence-electron chi connectivity index (χ2n) is 7.03. The minimum atomic E-state index is 0.0790. The van der Waals surface area contributed by atoms with Crippen LogP contribution in [0.25, 0.3) is 28.1 Å². The van der Waals surface area contributed by atoms with Gasteiger partial charge in [0.25, 0.3) is 0 Å². The first-order chi connectivity index (χ1) is 15.2. The molecular weight excluding hydrogens is 410 g/mol. The van der Waals surface area contributed by atoms with Crippen molar-refractivity contribution in [2.75, 3.05) is 5.32 Å². The molecule has 0 aliphatic heterocycles. The van der Waals surface area contributed by atoms with Crippen molar-refractivity contribution < 1.29 is 0 Å². The van der Waals surface area contributed by atoms with Crippen molar-refractivity contribution in [1.29, 1.82) is 0 Å². The Bertz CT molecular complexity index is 1350. The highest BCUT2D eigenvalue weighted by Crippen LogP contribution is 2.27. The monoisotopic (exact) mass is 427 g/mol. The maximum atomic E-state index is 6.19. The molecule has 1 atom stereocenters. The van der Waals surface area contributed by atoms with Crippen LogP contribution in [0.1, 0.15) is 18.5 Å². The predicted molar refractivity (Wildman–Crippen MR) is 121 cm³/mol. The Labute approximate surface area is 183 Å². The molecule has 0 bridgehead atoms. The van der Waals surface area contributed by atoms with Crippen molar-refractivity contribution in [1.82, 2.24) is 29.5 Å². The lowest BCUT2D eigenvalue weighted by Gasteiger charge is -2.14. The van der Waals surface area contributed by atoms with E-state index in [1.807, 2.05) is 47.0 Å². The number of halogens is 1. The molecule has 2 aromatic carbocycles. The summed E-state index contributed by atoms with van der Waals surface area (Å²) in [6, 6.07) is 18.0. The normalized spacial score (nSPS) is 12.1. The van der Waals surface area contributed by atoms with Gasteiger partial charge in [0.2, 0.25) is 5.95 Å². The first kappa shape index (κ1) is 19.1. The Morgan fingerprint density at radius 1 is 0.903 bits per heavy atom. The lowest BCUT2D eigenvalue weighted by Crippen LogP contribution is -2.10. The lowest BCUT2D eigenvalue weighted by atomic mass is 10.1. The van der Waals surface area contributed by atoms with E-state index in [2.05, 4.69) is 49.3 Å². The van der Waals surface area contributed by atoms with Crippen LogP contribution < -0.4 is 5.32 Å². The molecule has 0 spiro atoms. The standard InChI is InChI=1S/C23H18ClN7/c1-15(16-5-3-2-4-6-16)29-23-27-10-9-20(30-23)31-14-28-18-13-17(7-8-19(18)31)21-22(24)26-12-11-25-21/h2-15H,1H3,(H,27,29,30). The van der Waals surface area contributed by atoms with Gasteiger partial charge in [0.15, 0.2) is 5.15 Å². The molecule has 5 rings (SSSR count). The molecular formula is C23H18ClN7. The zero-order chi connectivity index (χ0) is 21.2. The molecule has 0 radical (unpaired) electrons. The van der Waals surface area contributed by atoms with Crippen molar-refractivity contribution in [3.05, 3.63) is 90.2 Å². The van der Waals surface area contributed by atoms with E-state index in [9.17, 15) is 0 Å². The Kier molecular flexibility index (Phi) is 5.01. The summed E-state index contributed by atoms with van der Waals surface area (Å²) in [5, 5.41) is 3.72. The van der Waals surface area contributed by atoms with E-state index in [0.717, 1.165) is 22.4 Å². The van der Waals surface area contributed by atoms with Crippen LogP contribution in [0.4, 0.5) is 5.95 Å². The van der Waals surface area contributed by atoms with Gasteiger partial charge in [-0.2, -0.15) is 4.98 Å². The van der Waals surface area contributed by atoms with E-state index in [1.165, 1.54) is 5.56 Å². The topological polar surface area (TPSA) is 81.4 Å². The number of nitrogens with one attached hydrogen (secondary N) is 1. The Morgan fingerprint density at radius 2 is 1.74 bits per heavy atom. The first-order valence-corrected chi connectivity index (χ1v) is 10.2. The van der Waals surface area contributed by atoms with Gasteiger partial charge in [0, 0.05) is 24.2 Å². The van der Waals surface area contributed by atoms with E-state index in [1.54, 1.807) is 24.9 Å². The van der Waals surface area contributed by atoms with Crippen LogP contribution in [0.3, 0.4) is 0 Å². The van der Waals surface area contributed by atoms with Crippen LogP contribution in [-0.2, 0) is 0 Å². The van der Waals surface area contributed by atoms with E-state index in [-0.39, 0.29) is 6.04 Å². The molecule has 3 heterocycles. The molecule has 0 aliphatic rings. The number of imidazole rings is 1. The third-order valence-electron chi connectivity index (χ3n) is 5.01. The SMILES string of the molecule is CC(Nc1nccc(-n2cnc3cc(-c4nccnc4Cl)ccc32)n1)c1ccccc1. The van der Waals surface area contributed by atoms with Gasteiger partial charge < -0.3 is 5.32 Å². The van der Waals surface area contributed by atoms with Crippen molar-refractivity contribution in [3.8, 4) is 17.1 Å².